The topological polar surface area (TPSA) is 59.8 Å². The summed E-state index contributed by atoms with van der Waals surface area (Å²) >= 11 is 1.58. The van der Waals surface area contributed by atoms with Crippen molar-refractivity contribution in [2.45, 2.75) is 26.8 Å². The van der Waals surface area contributed by atoms with Crippen LogP contribution in [0.2, 0.25) is 0 Å². The van der Waals surface area contributed by atoms with Gasteiger partial charge in [-0.2, -0.15) is 0 Å². The third-order valence-electron chi connectivity index (χ3n) is 4.66. The molecule has 1 N–H and O–H groups in total. The minimum atomic E-state index is -0.0110. The van der Waals surface area contributed by atoms with Crippen molar-refractivity contribution >= 4 is 28.3 Å². The summed E-state index contributed by atoms with van der Waals surface area (Å²) in [6.07, 6.45) is 0.298. The van der Waals surface area contributed by atoms with Crippen LogP contribution in [-0.4, -0.2) is 27.0 Å². The molecule has 142 valence electrons. The van der Waals surface area contributed by atoms with Gasteiger partial charge in [0.25, 0.3) is 0 Å². The number of amides is 1. The van der Waals surface area contributed by atoms with Crippen molar-refractivity contribution in [3.8, 4) is 10.6 Å². The summed E-state index contributed by atoms with van der Waals surface area (Å²) in [5, 5.41) is 5.91. The fourth-order valence-electron chi connectivity index (χ4n) is 3.31. The lowest BCUT2D eigenvalue weighted by molar-refractivity contribution is -0.120. The van der Waals surface area contributed by atoms with Gasteiger partial charge in [0.15, 0.2) is 0 Å². The quantitative estimate of drug-likeness (QED) is 0.538. The molecule has 2 aromatic carbocycles. The van der Waals surface area contributed by atoms with E-state index >= 15 is 0 Å². The zero-order valence-corrected chi connectivity index (χ0v) is 16.8. The monoisotopic (exact) mass is 390 g/mol. The molecule has 0 spiro atoms. The van der Waals surface area contributed by atoms with Crippen LogP contribution < -0.4 is 5.32 Å². The SMILES string of the molecule is Cc1cccc(-c2nc(CC(=O)NCCn3c(C)nc4ccccc43)cs2)c1. The summed E-state index contributed by atoms with van der Waals surface area (Å²) in [4.78, 5) is 21.5. The summed E-state index contributed by atoms with van der Waals surface area (Å²) in [5.74, 6) is 0.945. The minimum absolute atomic E-state index is 0.0110. The molecule has 6 heteroatoms. The van der Waals surface area contributed by atoms with Gasteiger partial charge in [-0.3, -0.25) is 4.79 Å². The predicted molar refractivity (Wildman–Crippen MR) is 113 cm³/mol. The maximum Gasteiger partial charge on any atom is 0.226 e. The van der Waals surface area contributed by atoms with E-state index in [4.69, 9.17) is 0 Å². The van der Waals surface area contributed by atoms with Crippen molar-refractivity contribution in [1.82, 2.24) is 19.9 Å². The van der Waals surface area contributed by atoms with Crippen LogP contribution in [0, 0.1) is 13.8 Å². The highest BCUT2D eigenvalue weighted by molar-refractivity contribution is 7.13. The number of hydrogen-bond donors (Lipinski definition) is 1. The Morgan fingerprint density at radius 1 is 1.11 bits per heavy atom. The fourth-order valence-corrected chi connectivity index (χ4v) is 4.13. The molecule has 1 amide bonds. The van der Waals surface area contributed by atoms with Crippen molar-refractivity contribution < 1.29 is 4.79 Å². The van der Waals surface area contributed by atoms with Crippen LogP contribution >= 0.6 is 11.3 Å². The number of carbonyl (C=O) groups is 1. The Labute approximate surface area is 168 Å². The van der Waals surface area contributed by atoms with E-state index in [1.807, 2.05) is 42.6 Å². The lowest BCUT2D eigenvalue weighted by Gasteiger charge is -2.08. The standard InChI is InChI=1S/C22H22N4OS/c1-15-6-5-7-17(12-15)22-25-18(14-28-22)13-21(27)23-10-11-26-16(2)24-19-8-3-4-9-20(19)26/h3-9,12,14H,10-11,13H2,1-2H3,(H,23,27). The zero-order chi connectivity index (χ0) is 19.5. The van der Waals surface area contributed by atoms with E-state index in [0.29, 0.717) is 19.5 Å². The predicted octanol–water partition coefficient (Wildman–Crippen LogP) is 4.14. The van der Waals surface area contributed by atoms with Crippen molar-refractivity contribution in [1.29, 1.82) is 0 Å². The van der Waals surface area contributed by atoms with E-state index in [1.54, 1.807) is 11.3 Å². The smallest absolute Gasteiger partial charge is 0.226 e. The lowest BCUT2D eigenvalue weighted by Crippen LogP contribution is -2.28. The number of rotatable bonds is 6. The highest BCUT2D eigenvalue weighted by atomic mass is 32.1. The number of para-hydroxylation sites is 2. The van der Waals surface area contributed by atoms with Crippen LogP contribution in [0.1, 0.15) is 17.1 Å². The molecule has 0 saturated heterocycles. The zero-order valence-electron chi connectivity index (χ0n) is 16.0. The first-order chi connectivity index (χ1) is 13.6. The second kappa shape index (κ2) is 7.94. The molecule has 0 atom stereocenters. The number of thiazole rings is 1. The number of benzene rings is 2. The van der Waals surface area contributed by atoms with Crippen LogP contribution in [-0.2, 0) is 17.8 Å². The van der Waals surface area contributed by atoms with Gasteiger partial charge in [0.05, 0.1) is 23.1 Å². The van der Waals surface area contributed by atoms with Gasteiger partial charge in [-0.05, 0) is 32.0 Å². The Bertz CT molecular complexity index is 1130. The molecule has 0 fully saturated rings. The van der Waals surface area contributed by atoms with Gasteiger partial charge in [-0.1, -0.05) is 35.9 Å². The van der Waals surface area contributed by atoms with Gasteiger partial charge in [-0.25, -0.2) is 9.97 Å². The van der Waals surface area contributed by atoms with E-state index in [0.717, 1.165) is 33.1 Å². The van der Waals surface area contributed by atoms with E-state index in [9.17, 15) is 4.79 Å². The van der Waals surface area contributed by atoms with Crippen molar-refractivity contribution in [2.75, 3.05) is 6.54 Å². The average Bonchev–Trinajstić information content (AvgIpc) is 3.26. The van der Waals surface area contributed by atoms with Crippen LogP contribution in [0.25, 0.3) is 21.6 Å². The van der Waals surface area contributed by atoms with Gasteiger partial charge < -0.3 is 9.88 Å². The van der Waals surface area contributed by atoms with Gasteiger partial charge in [0, 0.05) is 24.0 Å². The first-order valence-corrected chi connectivity index (χ1v) is 10.2. The highest BCUT2D eigenvalue weighted by Crippen LogP contribution is 2.24. The Balaban J connectivity index is 1.34. The molecule has 0 unspecified atom stereocenters. The lowest BCUT2D eigenvalue weighted by atomic mass is 10.1. The number of aryl methyl sites for hydroxylation is 2. The number of nitrogens with zero attached hydrogens (tertiary/aromatic N) is 3. The third-order valence-corrected chi connectivity index (χ3v) is 5.60. The summed E-state index contributed by atoms with van der Waals surface area (Å²) < 4.78 is 2.13. The van der Waals surface area contributed by atoms with Gasteiger partial charge in [-0.15, -0.1) is 11.3 Å². The second-order valence-corrected chi connectivity index (χ2v) is 7.70. The maximum atomic E-state index is 12.3. The maximum absolute atomic E-state index is 12.3. The molecule has 0 aliphatic rings. The number of fused-ring (bicyclic) bond motifs is 1. The molecule has 4 aromatic rings. The molecule has 0 aliphatic heterocycles. The van der Waals surface area contributed by atoms with Gasteiger partial charge in [0.1, 0.15) is 10.8 Å². The van der Waals surface area contributed by atoms with Crippen molar-refractivity contribution in [3.63, 3.8) is 0 Å². The van der Waals surface area contributed by atoms with Crippen LogP contribution in [0.5, 0.6) is 0 Å². The van der Waals surface area contributed by atoms with Crippen LogP contribution in [0.4, 0.5) is 0 Å². The Morgan fingerprint density at radius 2 is 1.96 bits per heavy atom. The molecule has 2 aromatic heterocycles. The van der Waals surface area contributed by atoms with E-state index in [1.165, 1.54) is 5.56 Å². The summed E-state index contributed by atoms with van der Waals surface area (Å²) in [7, 11) is 0. The van der Waals surface area contributed by atoms with Crippen molar-refractivity contribution in [3.05, 3.63) is 71.0 Å². The Hall–Kier alpha value is -2.99. The highest BCUT2D eigenvalue weighted by Gasteiger charge is 2.10. The molecule has 4 rings (SSSR count). The normalized spacial score (nSPS) is 11.1. The molecule has 0 aliphatic carbocycles. The number of hydrogen-bond acceptors (Lipinski definition) is 4. The first-order valence-electron chi connectivity index (χ1n) is 9.30. The van der Waals surface area contributed by atoms with Crippen LogP contribution in [0.3, 0.4) is 0 Å². The van der Waals surface area contributed by atoms with Crippen LogP contribution in [0.15, 0.2) is 53.9 Å². The molecular weight excluding hydrogens is 368 g/mol. The Kier molecular flexibility index (Phi) is 5.21. The number of imidazole rings is 1. The minimum Gasteiger partial charge on any atom is -0.354 e. The fraction of sp³-hybridized carbons (Fsp3) is 0.227. The molecule has 0 bridgehead atoms. The largest absolute Gasteiger partial charge is 0.354 e. The third kappa shape index (κ3) is 3.97. The number of nitrogens with one attached hydrogen (secondary N) is 1. The molecule has 2 heterocycles. The summed E-state index contributed by atoms with van der Waals surface area (Å²) in [6, 6.07) is 16.3. The molecule has 5 nitrogen and oxygen atoms in total. The number of carbonyl (C=O) groups excluding carboxylic acids is 1. The summed E-state index contributed by atoms with van der Waals surface area (Å²) in [6.45, 7) is 5.32. The molecular formula is C22H22N4OS. The van der Waals surface area contributed by atoms with E-state index in [2.05, 4.69) is 45.0 Å². The summed E-state index contributed by atoms with van der Waals surface area (Å²) in [5.41, 5.74) is 5.19. The van der Waals surface area contributed by atoms with E-state index < -0.39 is 0 Å². The van der Waals surface area contributed by atoms with Gasteiger partial charge >= 0.3 is 0 Å². The van der Waals surface area contributed by atoms with E-state index in [-0.39, 0.29) is 5.91 Å². The second-order valence-electron chi connectivity index (χ2n) is 6.84. The first kappa shape index (κ1) is 18.4. The van der Waals surface area contributed by atoms with Crippen molar-refractivity contribution in [2.24, 2.45) is 0 Å². The molecule has 28 heavy (non-hydrogen) atoms. The average molecular weight is 391 g/mol. The van der Waals surface area contributed by atoms with Gasteiger partial charge in [0.2, 0.25) is 5.91 Å². The molecule has 0 saturated carbocycles. The molecule has 0 radical (unpaired) electrons. The Morgan fingerprint density at radius 3 is 2.82 bits per heavy atom. The number of aromatic nitrogens is 3.